The third-order valence-corrected chi connectivity index (χ3v) is 5.02. The molecule has 3 amide bonds. The molecule has 3 rings (SSSR count). The average Bonchev–Trinajstić information content (AvgIpc) is 2.73. The Balaban J connectivity index is 1.56. The number of carbonyl (C=O) groups excluding carboxylic acids is 2. The van der Waals surface area contributed by atoms with Crippen molar-refractivity contribution in [1.29, 1.82) is 0 Å². The number of carbonyl (C=O) groups is 2. The molecule has 0 unspecified atom stereocenters. The van der Waals surface area contributed by atoms with E-state index in [1.54, 1.807) is 25.1 Å². The SMILES string of the molecule is C[C@H](NC(=O)N(C)CC(=O)Nc1ccc(Cl)c(C(F)(F)F)c1)c1ccc2c(c1)OCCO2. The fourth-order valence-corrected chi connectivity index (χ4v) is 3.24. The van der Waals surface area contributed by atoms with Crippen LogP contribution in [0.1, 0.15) is 24.1 Å². The minimum atomic E-state index is -4.65. The lowest BCUT2D eigenvalue weighted by atomic mass is 10.1. The number of likely N-dealkylation sites (N-methyl/N-ethyl adjacent to an activating group) is 1. The molecule has 1 atom stereocenters. The molecule has 1 heterocycles. The minimum absolute atomic E-state index is 0.0785. The van der Waals surface area contributed by atoms with Crippen LogP contribution in [0.25, 0.3) is 0 Å². The monoisotopic (exact) mass is 471 g/mol. The largest absolute Gasteiger partial charge is 0.486 e. The summed E-state index contributed by atoms with van der Waals surface area (Å²) in [6.07, 6.45) is -4.65. The first-order chi connectivity index (χ1) is 15.0. The third-order valence-electron chi connectivity index (χ3n) is 4.69. The summed E-state index contributed by atoms with van der Waals surface area (Å²) in [4.78, 5) is 25.8. The number of fused-ring (bicyclic) bond motifs is 1. The first kappa shape index (κ1) is 23.5. The molecule has 0 radical (unpaired) electrons. The van der Waals surface area contributed by atoms with Crippen molar-refractivity contribution >= 4 is 29.2 Å². The maximum atomic E-state index is 13.0. The number of urea groups is 1. The number of rotatable bonds is 5. The molecule has 0 aliphatic carbocycles. The number of amides is 3. The van der Waals surface area contributed by atoms with Crippen molar-refractivity contribution in [3.63, 3.8) is 0 Å². The number of benzene rings is 2. The van der Waals surface area contributed by atoms with Gasteiger partial charge in [-0.25, -0.2) is 4.79 Å². The van der Waals surface area contributed by atoms with Crippen LogP contribution in [0, 0.1) is 0 Å². The molecule has 2 aromatic carbocycles. The highest BCUT2D eigenvalue weighted by Gasteiger charge is 2.33. The summed E-state index contributed by atoms with van der Waals surface area (Å²) in [6.45, 7) is 2.30. The van der Waals surface area contributed by atoms with Crippen molar-refractivity contribution in [1.82, 2.24) is 10.2 Å². The zero-order chi connectivity index (χ0) is 23.5. The van der Waals surface area contributed by atoms with Crippen LogP contribution in [0.5, 0.6) is 11.5 Å². The van der Waals surface area contributed by atoms with Crippen molar-refractivity contribution in [3.8, 4) is 11.5 Å². The summed E-state index contributed by atoms with van der Waals surface area (Å²) < 4.78 is 49.9. The predicted octanol–water partition coefficient (Wildman–Crippen LogP) is 4.47. The zero-order valence-electron chi connectivity index (χ0n) is 17.3. The Morgan fingerprint density at radius 3 is 2.50 bits per heavy atom. The van der Waals surface area contributed by atoms with Gasteiger partial charge in [0.2, 0.25) is 5.91 Å². The molecule has 172 valence electrons. The molecule has 0 fully saturated rings. The summed E-state index contributed by atoms with van der Waals surface area (Å²) in [7, 11) is 1.40. The molecule has 32 heavy (non-hydrogen) atoms. The van der Waals surface area contributed by atoms with E-state index < -0.39 is 34.7 Å². The van der Waals surface area contributed by atoms with Crippen molar-refractivity contribution in [2.24, 2.45) is 0 Å². The average molecular weight is 472 g/mol. The van der Waals surface area contributed by atoms with E-state index in [1.165, 1.54) is 13.1 Å². The van der Waals surface area contributed by atoms with Gasteiger partial charge in [0.25, 0.3) is 0 Å². The summed E-state index contributed by atoms with van der Waals surface area (Å²) >= 11 is 5.57. The van der Waals surface area contributed by atoms with Gasteiger partial charge in [-0.3, -0.25) is 4.79 Å². The Morgan fingerprint density at radius 1 is 1.12 bits per heavy atom. The molecule has 0 saturated carbocycles. The van der Waals surface area contributed by atoms with Crippen molar-refractivity contribution in [3.05, 3.63) is 52.5 Å². The summed E-state index contributed by atoms with van der Waals surface area (Å²) in [5, 5.41) is 4.62. The number of ether oxygens (including phenoxy) is 2. The second-order valence-corrected chi connectivity index (χ2v) is 7.58. The lowest BCUT2D eigenvalue weighted by molar-refractivity contribution is -0.137. The maximum absolute atomic E-state index is 13.0. The normalized spacial score (nSPS) is 13.8. The van der Waals surface area contributed by atoms with Crippen molar-refractivity contribution in [2.45, 2.75) is 19.1 Å². The van der Waals surface area contributed by atoms with Gasteiger partial charge >= 0.3 is 12.2 Å². The van der Waals surface area contributed by atoms with Gasteiger partial charge in [-0.05, 0) is 42.8 Å². The summed E-state index contributed by atoms with van der Waals surface area (Å²) in [5.74, 6) is 0.553. The van der Waals surface area contributed by atoms with Crippen LogP contribution in [0.2, 0.25) is 5.02 Å². The van der Waals surface area contributed by atoms with E-state index in [0.717, 1.165) is 22.6 Å². The molecule has 1 aliphatic rings. The molecular weight excluding hydrogens is 451 g/mol. The Labute approximate surface area is 187 Å². The number of nitrogens with one attached hydrogen (secondary N) is 2. The van der Waals surface area contributed by atoms with Gasteiger partial charge < -0.3 is 25.0 Å². The van der Waals surface area contributed by atoms with Crippen LogP contribution >= 0.6 is 11.6 Å². The molecule has 7 nitrogen and oxygen atoms in total. The van der Waals surface area contributed by atoms with Gasteiger partial charge in [0, 0.05) is 12.7 Å². The standard InChI is InChI=1S/C21H21ClF3N3O4/c1-12(13-3-6-17-18(9-13)32-8-7-31-17)26-20(30)28(2)11-19(29)27-14-4-5-16(22)15(10-14)21(23,24)25/h3-6,9-10,12H,7-8,11H2,1-2H3,(H,26,30)(H,27,29)/t12-/m0/s1. The van der Waals surface area contributed by atoms with E-state index in [4.69, 9.17) is 21.1 Å². The van der Waals surface area contributed by atoms with Gasteiger partial charge in [-0.1, -0.05) is 17.7 Å². The molecular formula is C21H21ClF3N3O4. The Hall–Kier alpha value is -3.14. The first-order valence-electron chi connectivity index (χ1n) is 9.62. The van der Waals surface area contributed by atoms with E-state index >= 15 is 0 Å². The second kappa shape index (κ2) is 9.56. The van der Waals surface area contributed by atoms with Gasteiger partial charge in [-0.2, -0.15) is 13.2 Å². The lowest BCUT2D eigenvalue weighted by Gasteiger charge is -2.23. The van der Waals surface area contributed by atoms with Crippen molar-refractivity contribution < 1.29 is 32.2 Å². The lowest BCUT2D eigenvalue weighted by Crippen LogP contribution is -2.42. The van der Waals surface area contributed by atoms with E-state index in [0.29, 0.717) is 24.7 Å². The van der Waals surface area contributed by atoms with Crippen LogP contribution < -0.4 is 20.1 Å². The first-order valence-corrected chi connectivity index (χ1v) is 10.00. The van der Waals surface area contributed by atoms with Crippen LogP contribution in [0.4, 0.5) is 23.7 Å². The highest BCUT2D eigenvalue weighted by molar-refractivity contribution is 6.31. The number of anilines is 1. The van der Waals surface area contributed by atoms with Crippen LogP contribution in [-0.2, 0) is 11.0 Å². The van der Waals surface area contributed by atoms with E-state index in [1.807, 2.05) is 0 Å². The Bertz CT molecular complexity index is 1020. The fourth-order valence-electron chi connectivity index (χ4n) is 3.02. The number of hydrogen-bond donors (Lipinski definition) is 2. The van der Waals surface area contributed by atoms with E-state index in [9.17, 15) is 22.8 Å². The molecule has 1 aliphatic heterocycles. The minimum Gasteiger partial charge on any atom is -0.486 e. The van der Waals surface area contributed by atoms with Crippen LogP contribution in [0.3, 0.4) is 0 Å². The van der Waals surface area contributed by atoms with Crippen LogP contribution in [-0.4, -0.2) is 43.6 Å². The molecule has 2 N–H and O–H groups in total. The summed E-state index contributed by atoms with van der Waals surface area (Å²) in [6, 6.07) is 7.43. The topological polar surface area (TPSA) is 79.9 Å². The van der Waals surface area contributed by atoms with Gasteiger partial charge in [-0.15, -0.1) is 0 Å². The fraction of sp³-hybridized carbons (Fsp3) is 0.333. The number of nitrogens with zero attached hydrogens (tertiary/aromatic N) is 1. The number of alkyl halides is 3. The highest BCUT2D eigenvalue weighted by Crippen LogP contribution is 2.36. The molecule has 0 spiro atoms. The summed E-state index contributed by atoms with van der Waals surface area (Å²) in [5.41, 5.74) is -0.359. The van der Waals surface area contributed by atoms with Gasteiger partial charge in [0.05, 0.1) is 16.6 Å². The Kier molecular flexibility index (Phi) is 7.02. The third kappa shape index (κ3) is 5.76. The smallest absolute Gasteiger partial charge is 0.417 e. The van der Waals surface area contributed by atoms with Crippen LogP contribution in [0.15, 0.2) is 36.4 Å². The zero-order valence-corrected chi connectivity index (χ0v) is 18.0. The quantitative estimate of drug-likeness (QED) is 0.674. The Morgan fingerprint density at radius 2 is 1.81 bits per heavy atom. The molecule has 0 saturated heterocycles. The number of halogens is 4. The van der Waals surface area contributed by atoms with Gasteiger partial charge in [0.1, 0.15) is 19.8 Å². The molecule has 0 aromatic heterocycles. The predicted molar refractivity (Wildman–Crippen MR) is 112 cm³/mol. The molecule has 0 bridgehead atoms. The molecule has 11 heteroatoms. The van der Waals surface area contributed by atoms with E-state index in [2.05, 4.69) is 10.6 Å². The maximum Gasteiger partial charge on any atom is 0.417 e. The highest BCUT2D eigenvalue weighted by atomic mass is 35.5. The van der Waals surface area contributed by atoms with E-state index in [-0.39, 0.29) is 12.2 Å². The molecule has 2 aromatic rings. The van der Waals surface area contributed by atoms with Gasteiger partial charge in [0.15, 0.2) is 11.5 Å². The van der Waals surface area contributed by atoms with Crippen molar-refractivity contribution in [2.75, 3.05) is 32.1 Å². The second-order valence-electron chi connectivity index (χ2n) is 7.17. The number of hydrogen-bond acceptors (Lipinski definition) is 4.